The predicted octanol–water partition coefficient (Wildman–Crippen LogP) is 4.79. The molecule has 0 fully saturated rings. The monoisotopic (exact) mass is 542 g/mol. The number of nitrogens with one attached hydrogen (secondary N) is 1. The summed E-state index contributed by atoms with van der Waals surface area (Å²) in [6, 6.07) is 11.4. The minimum Gasteiger partial charge on any atom is -0.497 e. The first kappa shape index (κ1) is 29.6. The molecular formula is C29H38N2O8. The largest absolute Gasteiger partial charge is 0.497 e. The molecule has 10 heteroatoms. The summed E-state index contributed by atoms with van der Waals surface area (Å²) in [4.78, 5) is 40.0. The Morgan fingerprint density at radius 2 is 1.77 bits per heavy atom. The van der Waals surface area contributed by atoms with E-state index in [0.717, 1.165) is 16.7 Å². The Bertz CT molecular complexity index is 1130. The van der Waals surface area contributed by atoms with E-state index in [9.17, 15) is 14.4 Å². The molecule has 3 rings (SSSR count). The number of fused-ring (bicyclic) bond motifs is 1. The number of hydrogen-bond donors (Lipinski definition) is 1. The molecule has 0 aliphatic carbocycles. The first-order valence-corrected chi connectivity index (χ1v) is 12.9. The third-order valence-electron chi connectivity index (χ3n) is 6.34. The smallest absolute Gasteiger partial charge is 0.410 e. The van der Waals surface area contributed by atoms with Crippen molar-refractivity contribution in [2.24, 2.45) is 0 Å². The fraction of sp³-hybridized carbons (Fsp3) is 0.483. The molecule has 0 bridgehead atoms. The van der Waals surface area contributed by atoms with Crippen LogP contribution in [0.25, 0.3) is 0 Å². The highest BCUT2D eigenvalue weighted by Crippen LogP contribution is 2.42. The van der Waals surface area contributed by atoms with Gasteiger partial charge in [0, 0.05) is 18.2 Å². The lowest BCUT2D eigenvalue weighted by Gasteiger charge is -2.39. The van der Waals surface area contributed by atoms with Crippen LogP contribution in [0.1, 0.15) is 56.3 Å². The van der Waals surface area contributed by atoms with Gasteiger partial charge in [-0.15, -0.1) is 0 Å². The number of carbonyl (C=O) groups is 3. The number of alkyl carbamates (subject to hydrolysis) is 1. The molecule has 2 aromatic carbocycles. The van der Waals surface area contributed by atoms with Gasteiger partial charge in [-0.3, -0.25) is 0 Å². The standard InChI is InChI=1S/C29H38N2O8/c1-29(2,3)39-28(34)31-15-14-20-16-21(35-4)17-24(36-5)25(20)23(31)13-12-22(26(32)37-6)30-27(33)38-18-19-10-8-7-9-11-19/h7-11,16-17,22-23H,12-15,18H2,1-6H3,(H,30,33)/t22-,23+/m0/s1. The Kier molecular flexibility index (Phi) is 10.0. The highest BCUT2D eigenvalue weighted by molar-refractivity contribution is 5.81. The third kappa shape index (κ3) is 8.02. The average molecular weight is 543 g/mol. The summed E-state index contributed by atoms with van der Waals surface area (Å²) < 4.78 is 27.1. The molecule has 39 heavy (non-hydrogen) atoms. The molecule has 2 amide bonds. The van der Waals surface area contributed by atoms with Gasteiger partial charge in [0.2, 0.25) is 0 Å². The lowest BCUT2D eigenvalue weighted by Crippen LogP contribution is -2.45. The molecule has 2 atom stereocenters. The second kappa shape index (κ2) is 13.2. The molecular weight excluding hydrogens is 504 g/mol. The number of hydrogen-bond acceptors (Lipinski definition) is 8. The van der Waals surface area contributed by atoms with Crippen LogP contribution in [-0.2, 0) is 32.0 Å². The summed E-state index contributed by atoms with van der Waals surface area (Å²) >= 11 is 0. The van der Waals surface area contributed by atoms with Crippen LogP contribution in [0, 0.1) is 0 Å². The Morgan fingerprint density at radius 1 is 1.05 bits per heavy atom. The normalized spacial score (nSPS) is 15.4. The summed E-state index contributed by atoms with van der Waals surface area (Å²) in [6.07, 6.45) is -0.159. The molecule has 1 heterocycles. The fourth-order valence-corrected chi connectivity index (χ4v) is 4.54. The van der Waals surface area contributed by atoms with Gasteiger partial charge >= 0.3 is 18.2 Å². The van der Waals surface area contributed by atoms with Crippen LogP contribution in [-0.4, -0.2) is 62.6 Å². The Hall–Kier alpha value is -3.95. The SMILES string of the molecule is COC(=O)[C@H](CC[C@@H]1c2c(cc(OC)cc2OC)CCN1C(=O)OC(C)(C)C)NC(=O)OCc1ccccc1. The molecule has 10 nitrogen and oxygen atoms in total. The van der Waals surface area contributed by atoms with Crippen LogP contribution < -0.4 is 14.8 Å². The van der Waals surface area contributed by atoms with Gasteiger partial charge in [0.25, 0.3) is 0 Å². The van der Waals surface area contributed by atoms with E-state index < -0.39 is 35.8 Å². The summed E-state index contributed by atoms with van der Waals surface area (Å²) in [5, 5.41) is 2.61. The van der Waals surface area contributed by atoms with Crippen molar-refractivity contribution in [3.8, 4) is 11.5 Å². The van der Waals surface area contributed by atoms with Crippen molar-refractivity contribution in [2.75, 3.05) is 27.9 Å². The molecule has 0 saturated heterocycles. The summed E-state index contributed by atoms with van der Waals surface area (Å²) in [5.74, 6) is 0.589. The van der Waals surface area contributed by atoms with Gasteiger partial charge in [0.15, 0.2) is 0 Å². The van der Waals surface area contributed by atoms with Crippen LogP contribution in [0.15, 0.2) is 42.5 Å². The fourth-order valence-electron chi connectivity index (χ4n) is 4.54. The number of ether oxygens (including phenoxy) is 5. The Balaban J connectivity index is 1.84. The van der Waals surface area contributed by atoms with E-state index in [1.807, 2.05) is 57.2 Å². The van der Waals surface area contributed by atoms with Crippen molar-refractivity contribution in [1.82, 2.24) is 10.2 Å². The maximum Gasteiger partial charge on any atom is 0.410 e. The Morgan fingerprint density at radius 3 is 2.38 bits per heavy atom. The van der Waals surface area contributed by atoms with Crippen LogP contribution in [0.2, 0.25) is 0 Å². The molecule has 0 spiro atoms. The first-order valence-electron chi connectivity index (χ1n) is 12.9. The third-order valence-corrected chi connectivity index (χ3v) is 6.34. The lowest BCUT2D eigenvalue weighted by molar-refractivity contribution is -0.143. The van der Waals surface area contributed by atoms with E-state index in [2.05, 4.69) is 5.32 Å². The zero-order chi connectivity index (χ0) is 28.6. The summed E-state index contributed by atoms with van der Waals surface area (Å²) in [5.41, 5.74) is 1.91. The molecule has 2 aromatic rings. The van der Waals surface area contributed by atoms with Crippen molar-refractivity contribution in [2.45, 2.75) is 64.3 Å². The average Bonchev–Trinajstić information content (AvgIpc) is 2.92. The van der Waals surface area contributed by atoms with Crippen molar-refractivity contribution < 1.29 is 38.1 Å². The maximum absolute atomic E-state index is 13.2. The quantitative estimate of drug-likeness (QED) is 0.356. The lowest BCUT2D eigenvalue weighted by atomic mass is 9.88. The minimum atomic E-state index is -0.992. The maximum atomic E-state index is 13.2. The summed E-state index contributed by atoms with van der Waals surface area (Å²) in [6.45, 7) is 5.88. The van der Waals surface area contributed by atoms with Crippen molar-refractivity contribution in [3.63, 3.8) is 0 Å². The number of rotatable bonds is 9. The number of methoxy groups -OCH3 is 3. The second-order valence-electron chi connectivity index (χ2n) is 10.2. The van der Waals surface area contributed by atoms with Crippen LogP contribution in [0.5, 0.6) is 11.5 Å². The molecule has 0 aromatic heterocycles. The molecule has 0 radical (unpaired) electrons. The van der Waals surface area contributed by atoms with Gasteiger partial charge < -0.3 is 33.9 Å². The van der Waals surface area contributed by atoms with Crippen molar-refractivity contribution in [1.29, 1.82) is 0 Å². The van der Waals surface area contributed by atoms with E-state index >= 15 is 0 Å². The zero-order valence-electron chi connectivity index (χ0n) is 23.4. The molecule has 0 saturated carbocycles. The van der Waals surface area contributed by atoms with Gasteiger partial charge in [-0.1, -0.05) is 30.3 Å². The van der Waals surface area contributed by atoms with Gasteiger partial charge in [0.1, 0.15) is 29.7 Å². The second-order valence-corrected chi connectivity index (χ2v) is 10.2. The minimum absolute atomic E-state index is 0.0576. The molecule has 1 N–H and O–H groups in total. The van der Waals surface area contributed by atoms with E-state index in [0.29, 0.717) is 30.9 Å². The molecule has 1 aliphatic heterocycles. The number of carbonyl (C=O) groups excluding carboxylic acids is 3. The van der Waals surface area contributed by atoms with E-state index in [-0.39, 0.29) is 13.0 Å². The van der Waals surface area contributed by atoms with E-state index in [4.69, 9.17) is 23.7 Å². The highest BCUT2D eigenvalue weighted by Gasteiger charge is 2.37. The van der Waals surface area contributed by atoms with E-state index in [1.165, 1.54) is 7.11 Å². The first-order chi connectivity index (χ1) is 18.6. The van der Waals surface area contributed by atoms with Crippen LogP contribution in [0.4, 0.5) is 9.59 Å². The number of esters is 1. The Labute approximate surface area is 229 Å². The summed E-state index contributed by atoms with van der Waals surface area (Å²) in [7, 11) is 4.39. The van der Waals surface area contributed by atoms with Gasteiger partial charge in [-0.05, 0) is 57.2 Å². The topological polar surface area (TPSA) is 113 Å². The van der Waals surface area contributed by atoms with Gasteiger partial charge in [0.05, 0.1) is 27.4 Å². The molecule has 0 unspecified atom stereocenters. The molecule has 212 valence electrons. The van der Waals surface area contributed by atoms with Crippen LogP contribution in [0.3, 0.4) is 0 Å². The van der Waals surface area contributed by atoms with Gasteiger partial charge in [-0.2, -0.15) is 0 Å². The van der Waals surface area contributed by atoms with E-state index in [1.54, 1.807) is 25.2 Å². The number of nitrogens with zero attached hydrogens (tertiary/aromatic N) is 1. The highest BCUT2D eigenvalue weighted by atomic mass is 16.6. The van der Waals surface area contributed by atoms with Crippen molar-refractivity contribution in [3.05, 3.63) is 59.2 Å². The van der Waals surface area contributed by atoms with Gasteiger partial charge in [-0.25, -0.2) is 14.4 Å². The zero-order valence-corrected chi connectivity index (χ0v) is 23.4. The predicted molar refractivity (Wildman–Crippen MR) is 144 cm³/mol. The van der Waals surface area contributed by atoms with Crippen LogP contribution >= 0.6 is 0 Å². The molecule has 1 aliphatic rings. The number of benzene rings is 2. The van der Waals surface area contributed by atoms with Crippen molar-refractivity contribution >= 4 is 18.2 Å². The number of amides is 2.